The van der Waals surface area contributed by atoms with Crippen molar-refractivity contribution in [2.75, 3.05) is 25.0 Å². The lowest BCUT2D eigenvalue weighted by Crippen LogP contribution is -2.79. The Morgan fingerprint density at radius 1 is 0.860 bits per heavy atom. The van der Waals surface area contributed by atoms with Crippen LogP contribution in [0.25, 0.3) is 10.8 Å². The molecule has 0 spiro atoms. The molecule has 4 aromatic rings. The monoisotopic (exact) mass is 682 g/mol. The lowest BCUT2D eigenvalue weighted by atomic mass is 9.65. The van der Waals surface area contributed by atoms with Crippen molar-refractivity contribution in [2.24, 2.45) is 11.7 Å². The molecule has 1 aliphatic carbocycles. The van der Waals surface area contributed by atoms with Gasteiger partial charge in [0.2, 0.25) is 0 Å². The van der Waals surface area contributed by atoms with Crippen LogP contribution in [0.1, 0.15) is 50.5 Å². The highest BCUT2D eigenvalue weighted by molar-refractivity contribution is 5.89. The molecule has 0 heterocycles. The number of nitrogens with one attached hydrogen (secondary N) is 2. The molecule has 10 heteroatoms. The van der Waals surface area contributed by atoms with Crippen molar-refractivity contribution >= 4 is 28.5 Å². The van der Waals surface area contributed by atoms with Gasteiger partial charge in [-0.2, -0.15) is 0 Å². The van der Waals surface area contributed by atoms with Crippen LogP contribution in [0.3, 0.4) is 0 Å². The molecule has 0 aliphatic heterocycles. The van der Waals surface area contributed by atoms with Gasteiger partial charge in [-0.25, -0.2) is 9.59 Å². The van der Waals surface area contributed by atoms with E-state index in [2.05, 4.69) is 10.6 Å². The van der Waals surface area contributed by atoms with Crippen LogP contribution < -0.4 is 16.4 Å². The van der Waals surface area contributed by atoms with E-state index in [4.69, 9.17) is 15.2 Å². The summed E-state index contributed by atoms with van der Waals surface area (Å²) in [5, 5.41) is 35.0. The van der Waals surface area contributed by atoms with Gasteiger partial charge < -0.3 is 41.0 Å². The number of esters is 1. The molecule has 0 bridgehead atoms. The Kier molecular flexibility index (Phi) is 11.2. The summed E-state index contributed by atoms with van der Waals surface area (Å²) >= 11 is 0. The van der Waals surface area contributed by atoms with Gasteiger partial charge in [-0.1, -0.05) is 92.7 Å². The van der Waals surface area contributed by atoms with Crippen molar-refractivity contribution < 1.29 is 29.3 Å². The predicted octanol–water partition coefficient (Wildman–Crippen LogP) is 5.33. The molecule has 0 radical (unpaired) electrons. The quantitative estimate of drug-likeness (QED) is 0.119. The van der Waals surface area contributed by atoms with Gasteiger partial charge in [0.1, 0.15) is 17.7 Å². The molecule has 5 rings (SSSR count). The van der Waals surface area contributed by atoms with Crippen molar-refractivity contribution in [1.82, 2.24) is 10.2 Å². The lowest BCUT2D eigenvalue weighted by Gasteiger charge is -2.53. The van der Waals surface area contributed by atoms with Gasteiger partial charge in [0.05, 0.1) is 30.4 Å². The molecule has 6 atom stereocenters. The van der Waals surface area contributed by atoms with E-state index in [-0.39, 0.29) is 12.2 Å². The van der Waals surface area contributed by atoms with Gasteiger partial charge in [0.15, 0.2) is 5.60 Å². The number of hydrogen-bond acceptors (Lipinski definition) is 8. The maximum Gasteiger partial charge on any atom is 0.338 e. The third kappa shape index (κ3) is 6.56. The Hall–Kier alpha value is -4.48. The average Bonchev–Trinajstić information content (AvgIpc) is 3.27. The first kappa shape index (κ1) is 36.8. The second-order valence-corrected chi connectivity index (χ2v) is 13.4. The summed E-state index contributed by atoms with van der Waals surface area (Å²) in [7, 11) is 0. The van der Waals surface area contributed by atoms with Crippen LogP contribution in [0.2, 0.25) is 0 Å². The van der Waals surface area contributed by atoms with Crippen LogP contribution >= 0.6 is 0 Å². The Morgan fingerprint density at radius 3 is 2.08 bits per heavy atom. The number of benzene rings is 4. The number of urea groups is 1. The topological polar surface area (TPSA) is 146 Å². The third-order valence-electron chi connectivity index (χ3n) is 10.4. The van der Waals surface area contributed by atoms with Crippen LogP contribution in [0, 0.1) is 5.92 Å². The van der Waals surface area contributed by atoms with Crippen molar-refractivity contribution in [3.63, 3.8) is 0 Å². The molecule has 266 valence electrons. The first-order valence-electron chi connectivity index (χ1n) is 17.3. The van der Waals surface area contributed by atoms with Crippen molar-refractivity contribution in [1.29, 1.82) is 0 Å². The number of nitrogens with two attached hydrogens (primary N) is 1. The summed E-state index contributed by atoms with van der Waals surface area (Å²) in [4.78, 5) is 29.0. The van der Waals surface area contributed by atoms with Crippen LogP contribution in [0.5, 0.6) is 0 Å². The van der Waals surface area contributed by atoms with Gasteiger partial charge in [-0.15, -0.1) is 0 Å². The van der Waals surface area contributed by atoms with E-state index in [0.29, 0.717) is 18.8 Å². The van der Waals surface area contributed by atoms with E-state index in [1.807, 2.05) is 86.6 Å². The number of anilines is 1. The highest BCUT2D eigenvalue weighted by Crippen LogP contribution is 2.53. The summed E-state index contributed by atoms with van der Waals surface area (Å²) in [5.41, 5.74) is 2.79. The number of hydrogen-bond donors (Lipinski definition) is 5. The largest absolute Gasteiger partial charge is 0.459 e. The summed E-state index contributed by atoms with van der Waals surface area (Å²) in [6.45, 7) is 9.26. The highest BCUT2D eigenvalue weighted by atomic mass is 16.5. The summed E-state index contributed by atoms with van der Waals surface area (Å²) in [6, 6.07) is 28.8. The van der Waals surface area contributed by atoms with E-state index in [0.717, 1.165) is 16.3 Å². The number of fused-ring (bicyclic) bond motifs is 1. The number of amides is 2. The Morgan fingerprint density at radius 2 is 1.46 bits per heavy atom. The van der Waals surface area contributed by atoms with Crippen LogP contribution in [0.4, 0.5) is 10.5 Å². The predicted molar refractivity (Wildman–Crippen MR) is 196 cm³/mol. The number of rotatable bonds is 13. The molecule has 1 fully saturated rings. The number of nitrogens with zero attached hydrogens (tertiary/aromatic N) is 1. The third-order valence-corrected chi connectivity index (χ3v) is 10.4. The van der Waals surface area contributed by atoms with E-state index in [1.54, 1.807) is 56.0 Å². The van der Waals surface area contributed by atoms with Gasteiger partial charge in [0.25, 0.3) is 0 Å². The molecule has 6 N–H and O–H groups in total. The first-order valence-corrected chi connectivity index (χ1v) is 17.3. The highest BCUT2D eigenvalue weighted by Gasteiger charge is 2.79. The molecule has 2 amide bonds. The number of aliphatic hydroxyl groups is 2. The van der Waals surface area contributed by atoms with Gasteiger partial charge >= 0.3 is 12.0 Å². The average molecular weight is 683 g/mol. The van der Waals surface area contributed by atoms with E-state index < -0.39 is 59.5 Å². The van der Waals surface area contributed by atoms with Crippen LogP contribution in [-0.4, -0.2) is 81.7 Å². The minimum atomic E-state index is -2.25. The zero-order valence-electron chi connectivity index (χ0n) is 29.5. The molecular weight excluding hydrogens is 632 g/mol. The Balaban J connectivity index is 1.66. The van der Waals surface area contributed by atoms with Crippen LogP contribution in [-0.2, 0) is 16.1 Å². The van der Waals surface area contributed by atoms with Crippen LogP contribution in [0.15, 0.2) is 103 Å². The number of carbonyl (C=O) groups excluding carboxylic acids is 2. The molecule has 4 aromatic carbocycles. The Bertz CT molecular complexity index is 1750. The Labute approximate surface area is 294 Å². The normalized spacial score (nSPS) is 25.3. The van der Waals surface area contributed by atoms with Crippen molar-refractivity contribution in [3.05, 3.63) is 114 Å². The smallest absolute Gasteiger partial charge is 0.338 e. The van der Waals surface area contributed by atoms with Gasteiger partial charge in [0, 0.05) is 18.8 Å². The minimum absolute atomic E-state index is 0.149. The summed E-state index contributed by atoms with van der Waals surface area (Å²) in [6.07, 6.45) is -0.954. The van der Waals surface area contributed by atoms with E-state index in [9.17, 15) is 19.8 Å². The zero-order valence-corrected chi connectivity index (χ0v) is 29.5. The number of ether oxygens (including phenoxy) is 2. The molecule has 1 aliphatic rings. The molecular formula is C40H50N4O6. The lowest BCUT2D eigenvalue weighted by molar-refractivity contribution is -0.222. The van der Waals surface area contributed by atoms with E-state index in [1.165, 1.54) is 0 Å². The van der Waals surface area contributed by atoms with Gasteiger partial charge in [-0.05, 0) is 67.3 Å². The number of carbonyl (C=O) groups is 2. The summed E-state index contributed by atoms with van der Waals surface area (Å²) < 4.78 is 12.3. The molecule has 0 saturated heterocycles. The van der Waals surface area contributed by atoms with Crippen molar-refractivity contribution in [2.45, 2.75) is 76.2 Å². The molecule has 0 unspecified atom stereocenters. The minimum Gasteiger partial charge on any atom is -0.459 e. The maximum absolute atomic E-state index is 14.1. The molecule has 1 saturated carbocycles. The molecule has 10 nitrogen and oxygen atoms in total. The van der Waals surface area contributed by atoms with Gasteiger partial charge in [-0.3, -0.25) is 0 Å². The molecule has 0 aromatic heterocycles. The fourth-order valence-corrected chi connectivity index (χ4v) is 7.64. The molecule has 50 heavy (non-hydrogen) atoms. The van der Waals surface area contributed by atoms with Crippen molar-refractivity contribution in [3.8, 4) is 0 Å². The fraction of sp³-hybridized carbons (Fsp3) is 0.400. The maximum atomic E-state index is 14.1. The zero-order chi connectivity index (χ0) is 36.1. The second kappa shape index (κ2) is 15.2. The standard InChI is InChI=1S/C40H50N4O6/c1-6-44(7-2)37(46)43-39(28(5)49-25-29-16-10-8-11-17-29)34(41)35(42-33-23-22-30-18-14-15-21-32(30)24-33)38(47,40(39,48)27(3)4)26-50-36(45)31-19-12-9-13-20-31/h8-24,27-28,34-35,42,47-48H,6-7,25-26,41H2,1-5H3,(H,43,46)/t28-,34-,35-,38+,39-,40-/m0/s1. The SMILES string of the molecule is CCN(CC)C(=O)N[C@@]1([C@H](C)OCc2ccccc2)[C@@H](N)[C@H](Nc2ccc3ccccc3c2)[C@](O)(COC(=O)c2ccccc2)[C@@]1(O)C(C)C. The fourth-order valence-electron chi connectivity index (χ4n) is 7.64. The summed E-state index contributed by atoms with van der Waals surface area (Å²) in [5.74, 6) is -1.42. The second-order valence-electron chi connectivity index (χ2n) is 13.4. The van der Waals surface area contributed by atoms with E-state index >= 15 is 0 Å². The first-order chi connectivity index (χ1) is 23.9.